The maximum atomic E-state index is 6.02. The summed E-state index contributed by atoms with van der Waals surface area (Å²) in [7, 11) is 0. The molecule has 1 aliphatic rings. The van der Waals surface area contributed by atoms with E-state index < -0.39 is 0 Å². The second kappa shape index (κ2) is 3.01. The molecule has 0 unspecified atom stereocenters. The van der Waals surface area contributed by atoms with Crippen LogP contribution in [0.2, 0.25) is 5.02 Å². The number of nitrogen functional groups attached to an aromatic ring is 1. The molecule has 0 amide bonds. The molecule has 0 spiro atoms. The summed E-state index contributed by atoms with van der Waals surface area (Å²) in [5.41, 5.74) is 11.8. The highest BCUT2D eigenvalue weighted by molar-refractivity contribution is 6.31. The van der Waals surface area contributed by atoms with E-state index in [0.29, 0.717) is 5.02 Å². The van der Waals surface area contributed by atoms with Gasteiger partial charge in [0.1, 0.15) is 0 Å². The van der Waals surface area contributed by atoms with Gasteiger partial charge in [0, 0.05) is 17.1 Å². The van der Waals surface area contributed by atoms with Crippen molar-refractivity contribution in [3.63, 3.8) is 0 Å². The van der Waals surface area contributed by atoms with Gasteiger partial charge < -0.3 is 5.73 Å². The average Bonchev–Trinajstić information content (AvgIpc) is 2.57. The molecule has 1 aliphatic carbocycles. The van der Waals surface area contributed by atoms with Gasteiger partial charge in [0.2, 0.25) is 0 Å². The number of benzene rings is 2. The predicted octanol–water partition coefficient (Wildman–Crippen LogP) is 3.49. The molecule has 3 rings (SSSR count). The Kier molecular flexibility index (Phi) is 1.77. The van der Waals surface area contributed by atoms with Crippen molar-refractivity contribution in [1.29, 1.82) is 0 Å². The summed E-state index contributed by atoms with van der Waals surface area (Å²) in [6.45, 7) is 0. The number of halogens is 1. The summed E-state index contributed by atoms with van der Waals surface area (Å²) in [4.78, 5) is 0. The van der Waals surface area contributed by atoms with Gasteiger partial charge in [-0.3, -0.25) is 0 Å². The van der Waals surface area contributed by atoms with Crippen LogP contribution in [0.5, 0.6) is 0 Å². The smallest absolute Gasteiger partial charge is 0.0432 e. The topological polar surface area (TPSA) is 26.0 Å². The molecular weight excluding hydrogens is 206 g/mol. The van der Waals surface area contributed by atoms with E-state index >= 15 is 0 Å². The van der Waals surface area contributed by atoms with Crippen LogP contribution in [-0.2, 0) is 6.42 Å². The van der Waals surface area contributed by atoms with Crippen LogP contribution in [0.1, 0.15) is 11.1 Å². The molecule has 0 heterocycles. The van der Waals surface area contributed by atoms with E-state index in [0.717, 1.165) is 12.1 Å². The van der Waals surface area contributed by atoms with Crippen LogP contribution in [0.4, 0.5) is 5.69 Å². The van der Waals surface area contributed by atoms with Crippen LogP contribution in [0, 0.1) is 0 Å². The fraction of sp³-hybridized carbons (Fsp3) is 0.0769. The summed E-state index contributed by atoms with van der Waals surface area (Å²) in [5, 5.41) is 0.711. The molecule has 0 radical (unpaired) electrons. The molecule has 1 nitrogen and oxygen atoms in total. The largest absolute Gasteiger partial charge is 0.398 e. The van der Waals surface area contributed by atoms with E-state index in [1.54, 1.807) is 0 Å². The first-order valence-corrected chi connectivity index (χ1v) is 5.29. The van der Waals surface area contributed by atoms with E-state index in [-0.39, 0.29) is 0 Å². The van der Waals surface area contributed by atoms with Gasteiger partial charge in [-0.25, -0.2) is 0 Å². The predicted molar refractivity (Wildman–Crippen MR) is 64.1 cm³/mol. The van der Waals surface area contributed by atoms with Gasteiger partial charge in [-0.05, 0) is 34.4 Å². The molecule has 0 saturated heterocycles. The highest BCUT2D eigenvalue weighted by atomic mass is 35.5. The molecule has 0 aliphatic heterocycles. The van der Waals surface area contributed by atoms with Crippen molar-refractivity contribution in [2.45, 2.75) is 6.42 Å². The molecule has 0 atom stereocenters. The van der Waals surface area contributed by atoms with Crippen molar-refractivity contribution < 1.29 is 0 Å². The fourth-order valence-electron chi connectivity index (χ4n) is 2.22. The molecule has 2 N–H and O–H groups in total. The van der Waals surface area contributed by atoms with Crippen LogP contribution < -0.4 is 5.73 Å². The van der Waals surface area contributed by atoms with Crippen molar-refractivity contribution in [3.05, 3.63) is 52.5 Å². The summed E-state index contributed by atoms with van der Waals surface area (Å²) in [5.74, 6) is 0. The molecule has 0 aromatic heterocycles. The molecular formula is C13H10ClN. The van der Waals surface area contributed by atoms with Gasteiger partial charge >= 0.3 is 0 Å². The van der Waals surface area contributed by atoms with E-state index in [1.165, 1.54) is 22.3 Å². The number of anilines is 1. The molecule has 15 heavy (non-hydrogen) atoms. The molecule has 2 aromatic carbocycles. The lowest BCUT2D eigenvalue weighted by Crippen LogP contribution is -1.92. The molecule has 2 aromatic rings. The summed E-state index contributed by atoms with van der Waals surface area (Å²) in [6.07, 6.45) is 0.925. The Hall–Kier alpha value is -1.47. The Bertz CT molecular complexity index is 546. The van der Waals surface area contributed by atoms with Crippen molar-refractivity contribution in [2.24, 2.45) is 0 Å². The number of fused-ring (bicyclic) bond motifs is 3. The van der Waals surface area contributed by atoms with Crippen LogP contribution >= 0.6 is 11.6 Å². The lowest BCUT2D eigenvalue weighted by atomic mass is 10.1. The lowest BCUT2D eigenvalue weighted by Gasteiger charge is -2.04. The van der Waals surface area contributed by atoms with Gasteiger partial charge in [0.05, 0.1) is 0 Å². The zero-order valence-electron chi connectivity index (χ0n) is 8.13. The Morgan fingerprint density at radius 3 is 2.73 bits per heavy atom. The maximum absolute atomic E-state index is 6.02. The average molecular weight is 216 g/mol. The normalized spacial score (nSPS) is 12.3. The first-order valence-electron chi connectivity index (χ1n) is 4.92. The van der Waals surface area contributed by atoms with Crippen molar-refractivity contribution >= 4 is 17.3 Å². The number of hydrogen-bond donors (Lipinski definition) is 1. The van der Waals surface area contributed by atoms with E-state index in [2.05, 4.69) is 18.2 Å². The Balaban J connectivity index is 2.33. The number of nitrogens with two attached hydrogens (primary N) is 1. The lowest BCUT2D eigenvalue weighted by molar-refractivity contribution is 1.27. The minimum Gasteiger partial charge on any atom is -0.398 e. The third-order valence-corrected chi connectivity index (χ3v) is 3.14. The Morgan fingerprint density at radius 2 is 1.87 bits per heavy atom. The summed E-state index contributed by atoms with van der Waals surface area (Å²) < 4.78 is 0. The minimum absolute atomic E-state index is 0.711. The SMILES string of the molecule is Nc1cc(Cl)cc2c1Cc1ccccc1-2. The molecule has 2 heteroatoms. The van der Waals surface area contributed by atoms with Crippen molar-refractivity contribution in [2.75, 3.05) is 5.73 Å². The summed E-state index contributed by atoms with van der Waals surface area (Å²) >= 11 is 6.02. The molecule has 0 bridgehead atoms. The van der Waals surface area contributed by atoms with Gasteiger partial charge in [-0.15, -0.1) is 0 Å². The number of hydrogen-bond acceptors (Lipinski definition) is 1. The van der Waals surface area contributed by atoms with Gasteiger partial charge in [0.25, 0.3) is 0 Å². The van der Waals surface area contributed by atoms with E-state index in [1.807, 2.05) is 18.2 Å². The van der Waals surface area contributed by atoms with Gasteiger partial charge in [-0.1, -0.05) is 35.9 Å². The first kappa shape index (κ1) is 8.81. The molecule has 0 fully saturated rings. The highest BCUT2D eigenvalue weighted by Crippen LogP contribution is 2.40. The first-order chi connectivity index (χ1) is 7.25. The van der Waals surface area contributed by atoms with Gasteiger partial charge in [0.15, 0.2) is 0 Å². The highest BCUT2D eigenvalue weighted by Gasteiger charge is 2.20. The van der Waals surface area contributed by atoms with Crippen LogP contribution in [0.25, 0.3) is 11.1 Å². The summed E-state index contributed by atoms with van der Waals surface area (Å²) in [6, 6.07) is 12.2. The minimum atomic E-state index is 0.711. The van der Waals surface area contributed by atoms with Gasteiger partial charge in [-0.2, -0.15) is 0 Å². The third kappa shape index (κ3) is 1.24. The Labute approximate surface area is 93.5 Å². The van der Waals surface area contributed by atoms with E-state index in [4.69, 9.17) is 17.3 Å². The molecule has 0 saturated carbocycles. The fourth-order valence-corrected chi connectivity index (χ4v) is 2.45. The monoisotopic (exact) mass is 215 g/mol. The zero-order chi connectivity index (χ0) is 10.4. The van der Waals surface area contributed by atoms with Crippen LogP contribution in [-0.4, -0.2) is 0 Å². The Morgan fingerprint density at radius 1 is 1.07 bits per heavy atom. The third-order valence-electron chi connectivity index (χ3n) is 2.92. The van der Waals surface area contributed by atoms with E-state index in [9.17, 15) is 0 Å². The van der Waals surface area contributed by atoms with Crippen molar-refractivity contribution in [3.8, 4) is 11.1 Å². The molecule has 74 valence electrons. The van der Waals surface area contributed by atoms with Crippen LogP contribution in [0.3, 0.4) is 0 Å². The second-order valence-electron chi connectivity index (χ2n) is 3.86. The number of rotatable bonds is 0. The maximum Gasteiger partial charge on any atom is 0.0432 e. The standard InChI is InChI=1S/C13H10ClN/c14-9-6-11-10-4-2-1-3-8(10)5-12(11)13(15)7-9/h1-4,6-7H,5,15H2. The van der Waals surface area contributed by atoms with Crippen molar-refractivity contribution in [1.82, 2.24) is 0 Å². The zero-order valence-corrected chi connectivity index (χ0v) is 8.88. The van der Waals surface area contributed by atoms with Crippen LogP contribution in [0.15, 0.2) is 36.4 Å². The quantitative estimate of drug-likeness (QED) is 0.571. The second-order valence-corrected chi connectivity index (χ2v) is 4.29.